The molecule has 3 aromatic rings. The van der Waals surface area contributed by atoms with Gasteiger partial charge in [-0.3, -0.25) is 13.9 Å². The zero-order valence-corrected chi connectivity index (χ0v) is 24.2. The second-order valence-corrected chi connectivity index (χ2v) is 11.7. The third-order valence-corrected chi connectivity index (χ3v) is 8.06. The van der Waals surface area contributed by atoms with Gasteiger partial charge in [-0.05, 0) is 70.0 Å². The quantitative estimate of drug-likeness (QED) is 0.380. The monoisotopic (exact) mass is 551 g/mol. The first-order valence-corrected chi connectivity index (χ1v) is 14.3. The Labute approximate surface area is 231 Å². The maximum Gasteiger partial charge on any atom is 0.264 e. The molecule has 0 heterocycles. The van der Waals surface area contributed by atoms with E-state index in [4.69, 9.17) is 4.74 Å². The minimum absolute atomic E-state index is 0.0460. The molecule has 0 bridgehead atoms. The number of anilines is 1. The average Bonchev–Trinajstić information content (AvgIpc) is 2.90. The van der Waals surface area contributed by atoms with Crippen LogP contribution >= 0.6 is 0 Å². The molecule has 208 valence electrons. The molecule has 3 rings (SSSR count). The molecule has 1 N–H and O–H groups in total. The van der Waals surface area contributed by atoms with Gasteiger partial charge in [0.15, 0.2) is 0 Å². The van der Waals surface area contributed by atoms with E-state index in [1.165, 1.54) is 24.1 Å². The number of benzene rings is 3. The molecular weight excluding hydrogens is 514 g/mol. The third kappa shape index (κ3) is 7.38. The number of nitrogens with zero attached hydrogens (tertiary/aromatic N) is 2. The molecule has 0 fully saturated rings. The Morgan fingerprint density at radius 3 is 2.10 bits per heavy atom. The minimum atomic E-state index is -4.18. The van der Waals surface area contributed by atoms with Crippen LogP contribution in [-0.2, 0) is 26.2 Å². The van der Waals surface area contributed by atoms with Crippen molar-refractivity contribution in [1.29, 1.82) is 0 Å². The van der Waals surface area contributed by atoms with Crippen LogP contribution in [0.3, 0.4) is 0 Å². The summed E-state index contributed by atoms with van der Waals surface area (Å²) in [6.45, 7) is 8.64. The van der Waals surface area contributed by atoms with Crippen molar-refractivity contribution >= 4 is 27.5 Å². The lowest BCUT2D eigenvalue weighted by Crippen LogP contribution is -2.52. The maximum atomic E-state index is 14.0. The summed E-state index contributed by atoms with van der Waals surface area (Å²) < 4.78 is 34.6. The number of carbonyl (C=O) groups is 2. The molecule has 0 radical (unpaired) electrons. The highest BCUT2D eigenvalue weighted by atomic mass is 32.2. The van der Waals surface area contributed by atoms with E-state index in [-0.39, 0.29) is 29.1 Å². The van der Waals surface area contributed by atoms with Gasteiger partial charge < -0.3 is 15.0 Å². The Hall–Kier alpha value is -3.85. The number of amides is 2. The highest BCUT2D eigenvalue weighted by Crippen LogP contribution is 2.33. The summed E-state index contributed by atoms with van der Waals surface area (Å²) in [5.41, 5.74) is 2.76. The molecule has 0 aromatic heterocycles. The molecule has 8 nitrogen and oxygen atoms in total. The van der Waals surface area contributed by atoms with E-state index in [1.54, 1.807) is 37.3 Å². The van der Waals surface area contributed by atoms with Gasteiger partial charge in [-0.25, -0.2) is 8.42 Å². The molecule has 0 saturated carbocycles. The summed E-state index contributed by atoms with van der Waals surface area (Å²) in [4.78, 5) is 28.4. The Balaban J connectivity index is 2.09. The fourth-order valence-corrected chi connectivity index (χ4v) is 5.53. The molecule has 0 unspecified atom stereocenters. The Kier molecular flexibility index (Phi) is 9.75. The zero-order valence-electron chi connectivity index (χ0n) is 23.3. The first kappa shape index (κ1) is 29.7. The highest BCUT2D eigenvalue weighted by Gasteiger charge is 2.34. The van der Waals surface area contributed by atoms with Crippen molar-refractivity contribution in [3.05, 3.63) is 89.5 Å². The Bertz CT molecular complexity index is 1390. The summed E-state index contributed by atoms with van der Waals surface area (Å²) in [5, 5.41) is 2.85. The van der Waals surface area contributed by atoms with Crippen LogP contribution in [0.4, 0.5) is 5.69 Å². The molecule has 0 aliphatic carbocycles. The molecule has 3 aromatic carbocycles. The highest BCUT2D eigenvalue weighted by molar-refractivity contribution is 7.92. The van der Waals surface area contributed by atoms with Crippen LogP contribution in [0.5, 0.6) is 5.75 Å². The number of carbonyl (C=O) groups excluding carboxylic acids is 2. The maximum absolute atomic E-state index is 14.0. The van der Waals surface area contributed by atoms with E-state index in [2.05, 4.69) is 5.32 Å². The molecule has 1 atom stereocenters. The number of hydrogen-bond acceptors (Lipinski definition) is 5. The van der Waals surface area contributed by atoms with Crippen molar-refractivity contribution < 1.29 is 22.7 Å². The number of ether oxygens (including phenoxy) is 1. The van der Waals surface area contributed by atoms with E-state index >= 15 is 0 Å². The SMILES string of the molecule is COc1ccc(C)cc1N(CC(=O)N(Cc1ccccc1)[C@H](C)C(=O)NC(C)C)S(=O)(=O)c1ccc(C)cc1. The topological polar surface area (TPSA) is 96.0 Å². The predicted molar refractivity (Wildman–Crippen MR) is 153 cm³/mol. The van der Waals surface area contributed by atoms with Crippen molar-refractivity contribution in [1.82, 2.24) is 10.2 Å². The molecule has 0 saturated heterocycles. The fraction of sp³-hybridized carbons (Fsp3) is 0.333. The van der Waals surface area contributed by atoms with Gasteiger partial charge in [0, 0.05) is 12.6 Å². The first-order chi connectivity index (χ1) is 18.4. The lowest BCUT2D eigenvalue weighted by molar-refractivity contribution is -0.139. The third-order valence-electron chi connectivity index (χ3n) is 6.28. The van der Waals surface area contributed by atoms with E-state index < -0.39 is 28.5 Å². The van der Waals surface area contributed by atoms with E-state index in [1.807, 2.05) is 58.0 Å². The summed E-state index contributed by atoms with van der Waals surface area (Å²) >= 11 is 0. The van der Waals surface area contributed by atoms with Gasteiger partial charge in [0.05, 0.1) is 17.7 Å². The van der Waals surface area contributed by atoms with E-state index in [9.17, 15) is 18.0 Å². The molecular formula is C30H37N3O5S. The van der Waals surface area contributed by atoms with Gasteiger partial charge >= 0.3 is 0 Å². The average molecular weight is 552 g/mol. The van der Waals surface area contributed by atoms with Crippen molar-refractivity contribution in [2.45, 2.75) is 58.1 Å². The van der Waals surface area contributed by atoms with Crippen molar-refractivity contribution in [3.63, 3.8) is 0 Å². The standard InChI is InChI=1S/C30H37N3O5S/c1-21(2)31-30(35)24(5)32(19-25-10-8-7-9-11-25)29(34)20-33(27-18-23(4)14-17-28(27)38-6)39(36,37)26-15-12-22(3)13-16-26/h7-18,21,24H,19-20H2,1-6H3,(H,31,35)/t24-/m1/s1. The number of sulfonamides is 1. The summed E-state index contributed by atoms with van der Waals surface area (Å²) in [7, 11) is -2.73. The minimum Gasteiger partial charge on any atom is -0.495 e. The van der Waals surface area contributed by atoms with Crippen molar-refractivity contribution in [2.75, 3.05) is 18.0 Å². The lowest BCUT2D eigenvalue weighted by atomic mass is 10.1. The second-order valence-electron chi connectivity index (χ2n) is 9.85. The van der Waals surface area contributed by atoms with Crippen LogP contribution in [0, 0.1) is 13.8 Å². The second kappa shape index (κ2) is 12.8. The number of hydrogen-bond donors (Lipinski definition) is 1. The van der Waals surface area contributed by atoms with Gasteiger partial charge in [0.1, 0.15) is 18.3 Å². The Morgan fingerprint density at radius 2 is 1.51 bits per heavy atom. The van der Waals surface area contributed by atoms with E-state index in [0.29, 0.717) is 5.75 Å². The number of methoxy groups -OCH3 is 1. The number of rotatable bonds is 11. The lowest BCUT2D eigenvalue weighted by Gasteiger charge is -2.32. The van der Waals surface area contributed by atoms with Gasteiger partial charge in [0.2, 0.25) is 11.8 Å². The first-order valence-electron chi connectivity index (χ1n) is 12.8. The fourth-order valence-electron chi connectivity index (χ4n) is 4.11. The molecule has 0 spiro atoms. The normalized spacial score (nSPS) is 12.1. The smallest absolute Gasteiger partial charge is 0.264 e. The van der Waals surface area contributed by atoms with Crippen LogP contribution in [-0.4, -0.2) is 50.9 Å². The van der Waals surface area contributed by atoms with E-state index in [0.717, 1.165) is 21.0 Å². The van der Waals surface area contributed by atoms with Gasteiger partial charge in [-0.1, -0.05) is 54.1 Å². The number of nitrogens with one attached hydrogen (secondary N) is 1. The van der Waals surface area contributed by atoms with Crippen LogP contribution in [0.2, 0.25) is 0 Å². The van der Waals surface area contributed by atoms with Gasteiger partial charge in [0.25, 0.3) is 10.0 Å². The summed E-state index contributed by atoms with van der Waals surface area (Å²) in [6, 6.07) is 19.9. The van der Waals surface area contributed by atoms with Crippen LogP contribution in [0.1, 0.15) is 37.5 Å². The molecule has 39 heavy (non-hydrogen) atoms. The largest absolute Gasteiger partial charge is 0.495 e. The molecule has 0 aliphatic heterocycles. The van der Waals surface area contributed by atoms with Gasteiger partial charge in [-0.2, -0.15) is 0 Å². The zero-order chi connectivity index (χ0) is 28.7. The van der Waals surface area contributed by atoms with Crippen molar-refractivity contribution in [2.24, 2.45) is 0 Å². The van der Waals surface area contributed by atoms with Crippen molar-refractivity contribution in [3.8, 4) is 5.75 Å². The summed E-state index contributed by atoms with van der Waals surface area (Å²) in [6.07, 6.45) is 0. The molecule has 9 heteroatoms. The van der Waals surface area contributed by atoms with Crippen LogP contribution < -0.4 is 14.4 Å². The molecule has 0 aliphatic rings. The number of aryl methyl sites for hydroxylation is 2. The molecule has 2 amide bonds. The predicted octanol–water partition coefficient (Wildman–Crippen LogP) is 4.45. The summed E-state index contributed by atoms with van der Waals surface area (Å²) in [5.74, 6) is -0.538. The Morgan fingerprint density at radius 1 is 0.897 bits per heavy atom. The van der Waals surface area contributed by atoms with Crippen LogP contribution in [0.25, 0.3) is 0 Å². The van der Waals surface area contributed by atoms with Gasteiger partial charge in [-0.15, -0.1) is 0 Å². The van der Waals surface area contributed by atoms with Crippen LogP contribution in [0.15, 0.2) is 77.7 Å².